The Morgan fingerprint density at radius 1 is 1.14 bits per heavy atom. The standard InChI is InChI=1S/C18H19FN2O/c1-20-11-10-18(22,15-6-4-7-16(19)13-15)21-12-9-14-5-2-3-8-17(14)21/h2-9,12-13,20,22H,10-11H2,1H3/t18-/m0/s1. The molecule has 0 aliphatic carbocycles. The first-order chi connectivity index (χ1) is 10.6. The summed E-state index contributed by atoms with van der Waals surface area (Å²) < 4.78 is 15.5. The maximum atomic E-state index is 13.6. The molecule has 0 aliphatic heterocycles. The molecule has 0 spiro atoms. The first kappa shape index (κ1) is 14.8. The number of para-hydroxylation sites is 1. The van der Waals surface area contributed by atoms with E-state index in [4.69, 9.17) is 0 Å². The van der Waals surface area contributed by atoms with E-state index in [0.29, 0.717) is 18.5 Å². The minimum atomic E-state index is -1.30. The van der Waals surface area contributed by atoms with E-state index in [0.717, 1.165) is 10.9 Å². The summed E-state index contributed by atoms with van der Waals surface area (Å²) in [5, 5.41) is 15.4. The summed E-state index contributed by atoms with van der Waals surface area (Å²) in [5.74, 6) is -0.350. The summed E-state index contributed by atoms with van der Waals surface area (Å²) in [4.78, 5) is 0. The molecule has 0 saturated heterocycles. The van der Waals surface area contributed by atoms with Crippen molar-refractivity contribution in [2.75, 3.05) is 13.6 Å². The summed E-state index contributed by atoms with van der Waals surface area (Å²) in [7, 11) is 1.83. The molecule has 0 bridgehead atoms. The molecule has 0 radical (unpaired) electrons. The maximum Gasteiger partial charge on any atom is 0.169 e. The SMILES string of the molecule is CNCC[C@](O)(c1cccc(F)c1)n1ccc2ccccc21. The van der Waals surface area contributed by atoms with Crippen molar-refractivity contribution in [3.8, 4) is 0 Å². The monoisotopic (exact) mass is 298 g/mol. The van der Waals surface area contributed by atoms with Gasteiger partial charge in [-0.3, -0.25) is 0 Å². The highest BCUT2D eigenvalue weighted by molar-refractivity contribution is 5.80. The number of hydrogen-bond acceptors (Lipinski definition) is 2. The predicted molar refractivity (Wildman–Crippen MR) is 86.2 cm³/mol. The summed E-state index contributed by atoms with van der Waals surface area (Å²) in [6.07, 6.45) is 2.29. The van der Waals surface area contributed by atoms with Gasteiger partial charge in [-0.25, -0.2) is 4.39 Å². The minimum absolute atomic E-state index is 0.350. The molecule has 0 fully saturated rings. The Bertz CT molecular complexity index is 783. The largest absolute Gasteiger partial charge is 0.366 e. The highest BCUT2D eigenvalue weighted by atomic mass is 19.1. The lowest BCUT2D eigenvalue weighted by molar-refractivity contribution is 0.00148. The zero-order valence-corrected chi connectivity index (χ0v) is 12.5. The van der Waals surface area contributed by atoms with Gasteiger partial charge in [-0.05, 0) is 43.2 Å². The average Bonchev–Trinajstić information content (AvgIpc) is 2.97. The van der Waals surface area contributed by atoms with Crippen LogP contribution in [0.25, 0.3) is 10.9 Å². The molecule has 1 atom stereocenters. The zero-order chi connectivity index (χ0) is 15.6. The van der Waals surface area contributed by atoms with Gasteiger partial charge in [-0.15, -0.1) is 0 Å². The van der Waals surface area contributed by atoms with E-state index in [1.165, 1.54) is 12.1 Å². The fraction of sp³-hybridized carbons (Fsp3) is 0.222. The third kappa shape index (κ3) is 2.51. The molecule has 0 unspecified atom stereocenters. The summed E-state index contributed by atoms with van der Waals surface area (Å²) in [6.45, 7) is 0.611. The summed E-state index contributed by atoms with van der Waals surface area (Å²) in [5.41, 5.74) is 0.170. The topological polar surface area (TPSA) is 37.2 Å². The minimum Gasteiger partial charge on any atom is -0.366 e. The van der Waals surface area contributed by atoms with Gasteiger partial charge in [-0.1, -0.05) is 30.3 Å². The van der Waals surface area contributed by atoms with Crippen LogP contribution in [-0.2, 0) is 5.72 Å². The van der Waals surface area contributed by atoms with E-state index in [-0.39, 0.29) is 5.82 Å². The highest BCUT2D eigenvalue weighted by Crippen LogP contribution is 2.31. The molecular formula is C18H19FN2O. The summed E-state index contributed by atoms with van der Waals surface area (Å²) in [6, 6.07) is 16.0. The van der Waals surface area contributed by atoms with Crippen LogP contribution < -0.4 is 5.32 Å². The Labute approximate surface area is 129 Å². The number of fused-ring (bicyclic) bond motifs is 1. The van der Waals surface area contributed by atoms with Crippen molar-refractivity contribution >= 4 is 10.9 Å². The Morgan fingerprint density at radius 2 is 1.95 bits per heavy atom. The Morgan fingerprint density at radius 3 is 2.73 bits per heavy atom. The van der Waals surface area contributed by atoms with Crippen LogP contribution in [0.2, 0.25) is 0 Å². The van der Waals surface area contributed by atoms with Gasteiger partial charge in [0.1, 0.15) is 5.82 Å². The molecule has 3 nitrogen and oxygen atoms in total. The number of halogens is 1. The second kappa shape index (κ2) is 5.91. The van der Waals surface area contributed by atoms with Crippen molar-refractivity contribution in [2.45, 2.75) is 12.1 Å². The number of rotatable bonds is 5. The molecule has 4 heteroatoms. The van der Waals surface area contributed by atoms with Crippen molar-refractivity contribution in [1.29, 1.82) is 0 Å². The molecule has 0 aliphatic rings. The number of nitrogens with zero attached hydrogens (tertiary/aromatic N) is 1. The number of hydrogen-bond donors (Lipinski definition) is 2. The summed E-state index contributed by atoms with van der Waals surface area (Å²) >= 11 is 0. The number of nitrogens with one attached hydrogen (secondary N) is 1. The van der Waals surface area contributed by atoms with Crippen molar-refractivity contribution < 1.29 is 9.50 Å². The van der Waals surface area contributed by atoms with Crippen molar-refractivity contribution in [1.82, 2.24) is 9.88 Å². The fourth-order valence-corrected chi connectivity index (χ4v) is 2.85. The Balaban J connectivity index is 2.17. The van der Waals surface area contributed by atoms with Crippen molar-refractivity contribution in [3.05, 3.63) is 72.2 Å². The molecule has 3 aromatic rings. The van der Waals surface area contributed by atoms with Gasteiger partial charge in [0.2, 0.25) is 0 Å². The van der Waals surface area contributed by atoms with Crippen molar-refractivity contribution in [2.24, 2.45) is 0 Å². The predicted octanol–water partition coefficient (Wildman–Crippen LogP) is 3.08. The van der Waals surface area contributed by atoms with E-state index < -0.39 is 5.72 Å². The molecule has 2 aromatic carbocycles. The number of aromatic nitrogens is 1. The van der Waals surface area contributed by atoms with Crippen LogP contribution in [0.1, 0.15) is 12.0 Å². The third-order valence-electron chi connectivity index (χ3n) is 4.01. The van der Waals surface area contributed by atoms with Crippen LogP contribution >= 0.6 is 0 Å². The fourth-order valence-electron chi connectivity index (χ4n) is 2.85. The molecule has 3 rings (SSSR count). The van der Waals surface area contributed by atoms with Gasteiger partial charge in [0, 0.05) is 18.2 Å². The van der Waals surface area contributed by atoms with Crippen LogP contribution in [0.4, 0.5) is 4.39 Å². The van der Waals surface area contributed by atoms with Crippen LogP contribution in [0.5, 0.6) is 0 Å². The number of benzene rings is 2. The molecule has 0 amide bonds. The lowest BCUT2D eigenvalue weighted by Gasteiger charge is -2.31. The number of aliphatic hydroxyl groups is 1. The van der Waals surface area contributed by atoms with Crippen LogP contribution in [0.3, 0.4) is 0 Å². The quantitative estimate of drug-likeness (QED) is 0.759. The molecular weight excluding hydrogens is 279 g/mol. The maximum absolute atomic E-state index is 13.6. The zero-order valence-electron chi connectivity index (χ0n) is 12.5. The normalized spacial score (nSPS) is 14.1. The first-order valence-corrected chi connectivity index (χ1v) is 7.35. The van der Waals surface area contributed by atoms with Gasteiger partial charge in [0.25, 0.3) is 0 Å². The Kier molecular flexibility index (Phi) is 3.96. The van der Waals surface area contributed by atoms with E-state index in [1.54, 1.807) is 12.1 Å². The van der Waals surface area contributed by atoms with E-state index in [9.17, 15) is 9.50 Å². The highest BCUT2D eigenvalue weighted by Gasteiger charge is 2.32. The van der Waals surface area contributed by atoms with Gasteiger partial charge in [0.15, 0.2) is 5.72 Å². The van der Waals surface area contributed by atoms with E-state index in [2.05, 4.69) is 5.32 Å². The first-order valence-electron chi connectivity index (χ1n) is 7.35. The van der Waals surface area contributed by atoms with Crippen molar-refractivity contribution in [3.63, 3.8) is 0 Å². The Hall–Kier alpha value is -2.17. The van der Waals surface area contributed by atoms with E-state index >= 15 is 0 Å². The lowest BCUT2D eigenvalue weighted by atomic mass is 9.98. The molecule has 0 saturated carbocycles. The second-order valence-electron chi connectivity index (χ2n) is 5.43. The second-order valence-corrected chi connectivity index (χ2v) is 5.43. The molecule has 2 N–H and O–H groups in total. The lowest BCUT2D eigenvalue weighted by Crippen LogP contribution is -2.37. The van der Waals surface area contributed by atoms with Gasteiger partial charge < -0.3 is 15.0 Å². The molecule has 1 aromatic heterocycles. The van der Waals surface area contributed by atoms with Crippen LogP contribution in [-0.4, -0.2) is 23.3 Å². The molecule has 1 heterocycles. The van der Waals surface area contributed by atoms with Gasteiger partial charge in [-0.2, -0.15) is 0 Å². The third-order valence-corrected chi connectivity index (χ3v) is 4.01. The smallest absolute Gasteiger partial charge is 0.169 e. The molecule has 22 heavy (non-hydrogen) atoms. The van der Waals surface area contributed by atoms with Crippen LogP contribution in [0, 0.1) is 5.82 Å². The van der Waals surface area contributed by atoms with E-state index in [1.807, 2.05) is 48.1 Å². The van der Waals surface area contributed by atoms with Crippen LogP contribution in [0.15, 0.2) is 60.8 Å². The van der Waals surface area contributed by atoms with Gasteiger partial charge in [0.05, 0.1) is 5.52 Å². The molecule has 114 valence electrons. The average molecular weight is 298 g/mol. The van der Waals surface area contributed by atoms with Gasteiger partial charge >= 0.3 is 0 Å².